The molecule has 0 aliphatic carbocycles. The normalized spacial score (nSPS) is 23.0. The maximum atomic E-state index is 13.0. The second-order valence-electron chi connectivity index (χ2n) is 7.78. The largest absolute Gasteiger partial charge is 0.370 e. The minimum atomic E-state index is -0.302. The molecule has 0 saturated carbocycles. The van der Waals surface area contributed by atoms with E-state index >= 15 is 0 Å². The average molecular weight is 381 g/mol. The van der Waals surface area contributed by atoms with Crippen LogP contribution in [0.3, 0.4) is 0 Å². The lowest BCUT2D eigenvalue weighted by atomic mass is 9.91. The lowest BCUT2D eigenvalue weighted by Crippen LogP contribution is -2.57. The van der Waals surface area contributed by atoms with E-state index < -0.39 is 0 Å². The Morgan fingerprint density at radius 1 is 1.11 bits per heavy atom. The van der Waals surface area contributed by atoms with Crippen LogP contribution in [0.2, 0.25) is 0 Å². The fourth-order valence-electron chi connectivity index (χ4n) is 4.45. The molecule has 2 aliphatic heterocycles. The smallest absolute Gasteiger partial charge is 0.180 e. The summed E-state index contributed by atoms with van der Waals surface area (Å²) in [6, 6.07) is 11.8. The summed E-state index contributed by atoms with van der Waals surface area (Å²) in [5.74, 6) is 2.00. The highest BCUT2D eigenvalue weighted by Gasteiger charge is 2.34. The van der Waals surface area contributed by atoms with E-state index in [1.54, 1.807) is 6.07 Å². The van der Waals surface area contributed by atoms with Gasteiger partial charge in [-0.3, -0.25) is 4.90 Å². The monoisotopic (exact) mass is 381 g/mol. The summed E-state index contributed by atoms with van der Waals surface area (Å²) in [7, 11) is 0. The lowest BCUT2D eigenvalue weighted by Gasteiger charge is -2.46. The summed E-state index contributed by atoms with van der Waals surface area (Å²) in [5.41, 5.74) is 0.851. The number of benzene rings is 1. The lowest BCUT2D eigenvalue weighted by molar-refractivity contribution is 0.0994. The van der Waals surface area contributed by atoms with Crippen LogP contribution >= 0.6 is 0 Å². The predicted molar refractivity (Wildman–Crippen MR) is 107 cm³/mol. The summed E-state index contributed by atoms with van der Waals surface area (Å²) in [6.07, 6.45) is 3.62. The number of nitrogens with zero attached hydrogens (tertiary/aromatic N) is 4. The number of hydrogen-bond acceptors (Lipinski definition) is 6. The van der Waals surface area contributed by atoms with Crippen molar-refractivity contribution in [1.82, 2.24) is 15.0 Å². The first kappa shape index (κ1) is 17.4. The number of fused-ring (bicyclic) bond motifs is 2. The molecule has 5 rings (SSSR count). The SMILES string of the molecule is Fc1ccc(NC[C@@H]2CC[C@H]3CN(c4noc5ccccc45)CCN3C2)nc1. The molecular formula is C21H24FN5O. The molecule has 2 saturated heterocycles. The van der Waals surface area contributed by atoms with E-state index in [1.807, 2.05) is 18.2 Å². The maximum Gasteiger partial charge on any atom is 0.180 e. The van der Waals surface area contributed by atoms with E-state index in [9.17, 15) is 4.39 Å². The molecule has 6 nitrogen and oxygen atoms in total. The molecule has 146 valence electrons. The first-order valence-corrected chi connectivity index (χ1v) is 9.95. The van der Waals surface area contributed by atoms with E-state index in [4.69, 9.17) is 4.52 Å². The van der Waals surface area contributed by atoms with Crippen LogP contribution in [0.5, 0.6) is 0 Å². The number of halogens is 1. The zero-order chi connectivity index (χ0) is 18.9. The first-order valence-electron chi connectivity index (χ1n) is 9.95. The summed E-state index contributed by atoms with van der Waals surface area (Å²) < 4.78 is 18.5. The Kier molecular flexibility index (Phi) is 4.60. The van der Waals surface area contributed by atoms with Crippen molar-refractivity contribution >= 4 is 22.6 Å². The van der Waals surface area contributed by atoms with Gasteiger partial charge in [0.05, 0.1) is 11.6 Å². The molecule has 2 fully saturated rings. The predicted octanol–water partition coefficient (Wildman–Crippen LogP) is 3.37. The molecule has 2 atom stereocenters. The van der Waals surface area contributed by atoms with Gasteiger partial charge >= 0.3 is 0 Å². The second-order valence-corrected chi connectivity index (χ2v) is 7.78. The van der Waals surface area contributed by atoms with Gasteiger partial charge in [-0.05, 0) is 43.0 Å². The molecule has 2 aliphatic rings. The Labute approximate surface area is 163 Å². The van der Waals surface area contributed by atoms with Gasteiger partial charge in [0.2, 0.25) is 0 Å². The number of piperidine rings is 1. The number of pyridine rings is 1. The van der Waals surface area contributed by atoms with E-state index in [0.717, 1.165) is 55.3 Å². The van der Waals surface area contributed by atoms with Crippen molar-refractivity contribution in [2.45, 2.75) is 18.9 Å². The van der Waals surface area contributed by atoms with E-state index in [0.29, 0.717) is 12.0 Å². The van der Waals surface area contributed by atoms with Gasteiger partial charge in [-0.1, -0.05) is 17.3 Å². The molecule has 0 radical (unpaired) electrons. The van der Waals surface area contributed by atoms with Crippen LogP contribution in [-0.2, 0) is 0 Å². The molecule has 28 heavy (non-hydrogen) atoms. The van der Waals surface area contributed by atoms with Gasteiger partial charge < -0.3 is 14.7 Å². The Hall–Kier alpha value is -2.67. The van der Waals surface area contributed by atoms with Crippen LogP contribution in [0.25, 0.3) is 11.0 Å². The number of hydrogen-bond donors (Lipinski definition) is 1. The Morgan fingerprint density at radius 2 is 2.04 bits per heavy atom. The van der Waals surface area contributed by atoms with Crippen molar-refractivity contribution in [2.75, 3.05) is 42.9 Å². The number of piperazine rings is 1. The molecule has 0 bridgehead atoms. The fourth-order valence-corrected chi connectivity index (χ4v) is 4.45. The van der Waals surface area contributed by atoms with Crippen molar-refractivity contribution in [3.05, 3.63) is 48.4 Å². The third kappa shape index (κ3) is 3.42. The molecule has 0 spiro atoms. The van der Waals surface area contributed by atoms with Gasteiger partial charge in [0, 0.05) is 38.8 Å². The summed E-state index contributed by atoms with van der Waals surface area (Å²) >= 11 is 0. The van der Waals surface area contributed by atoms with Crippen LogP contribution in [0.4, 0.5) is 16.0 Å². The minimum absolute atomic E-state index is 0.302. The van der Waals surface area contributed by atoms with Gasteiger partial charge in [0.1, 0.15) is 11.6 Å². The topological polar surface area (TPSA) is 57.4 Å². The summed E-state index contributed by atoms with van der Waals surface area (Å²) in [6.45, 7) is 4.96. The second kappa shape index (κ2) is 7.39. The molecule has 1 aromatic carbocycles. The first-order chi connectivity index (χ1) is 13.8. The molecule has 0 amide bonds. The van der Waals surface area contributed by atoms with Crippen molar-refractivity contribution in [3.8, 4) is 0 Å². The summed E-state index contributed by atoms with van der Waals surface area (Å²) in [4.78, 5) is 9.06. The number of nitrogens with one attached hydrogen (secondary N) is 1. The van der Waals surface area contributed by atoms with Gasteiger partial charge in [-0.25, -0.2) is 9.37 Å². The molecule has 1 N–H and O–H groups in total. The van der Waals surface area contributed by atoms with Gasteiger partial charge in [-0.2, -0.15) is 0 Å². The number of anilines is 2. The molecule has 3 aromatic rings. The van der Waals surface area contributed by atoms with Gasteiger partial charge in [-0.15, -0.1) is 0 Å². The van der Waals surface area contributed by atoms with Crippen LogP contribution < -0.4 is 10.2 Å². The highest BCUT2D eigenvalue weighted by Crippen LogP contribution is 2.31. The van der Waals surface area contributed by atoms with Crippen LogP contribution in [0.1, 0.15) is 12.8 Å². The fraction of sp³-hybridized carbons (Fsp3) is 0.429. The number of aromatic nitrogens is 2. The van der Waals surface area contributed by atoms with Crippen LogP contribution in [0.15, 0.2) is 47.1 Å². The Morgan fingerprint density at radius 3 is 2.93 bits per heavy atom. The molecule has 0 unspecified atom stereocenters. The number of rotatable bonds is 4. The Balaban J connectivity index is 1.19. The number of para-hydroxylation sites is 1. The van der Waals surface area contributed by atoms with E-state index in [1.165, 1.54) is 25.1 Å². The zero-order valence-corrected chi connectivity index (χ0v) is 15.7. The molecule has 4 heterocycles. The van der Waals surface area contributed by atoms with E-state index in [-0.39, 0.29) is 5.82 Å². The summed E-state index contributed by atoms with van der Waals surface area (Å²) in [5, 5.41) is 8.78. The van der Waals surface area contributed by atoms with Crippen LogP contribution in [-0.4, -0.2) is 53.8 Å². The van der Waals surface area contributed by atoms with Crippen LogP contribution in [0, 0.1) is 11.7 Å². The molecular weight excluding hydrogens is 357 g/mol. The van der Waals surface area contributed by atoms with Crippen molar-refractivity contribution in [1.29, 1.82) is 0 Å². The standard InChI is InChI=1S/C21H24FN5O/c22-16-6-8-20(24-12-16)23-11-15-5-7-17-14-27(10-9-26(17)13-15)21-18-3-1-2-4-19(18)28-25-21/h1-4,6,8,12,15,17H,5,7,9-11,13-14H2,(H,23,24)/t15-,17-/m0/s1. The molecule has 2 aromatic heterocycles. The average Bonchev–Trinajstić information content (AvgIpc) is 3.17. The van der Waals surface area contributed by atoms with Gasteiger partial charge in [0.25, 0.3) is 0 Å². The van der Waals surface area contributed by atoms with Crippen molar-refractivity contribution < 1.29 is 8.91 Å². The quantitative estimate of drug-likeness (QED) is 0.748. The highest BCUT2D eigenvalue weighted by atomic mass is 19.1. The third-order valence-corrected chi connectivity index (χ3v) is 5.96. The third-order valence-electron chi connectivity index (χ3n) is 5.96. The highest BCUT2D eigenvalue weighted by molar-refractivity contribution is 5.88. The van der Waals surface area contributed by atoms with Crippen molar-refractivity contribution in [2.24, 2.45) is 5.92 Å². The minimum Gasteiger partial charge on any atom is -0.370 e. The Bertz CT molecular complexity index is 943. The van der Waals surface area contributed by atoms with Gasteiger partial charge in [0.15, 0.2) is 11.4 Å². The molecule has 7 heteroatoms. The van der Waals surface area contributed by atoms with Crippen molar-refractivity contribution in [3.63, 3.8) is 0 Å². The van der Waals surface area contributed by atoms with E-state index in [2.05, 4.69) is 31.3 Å². The maximum absolute atomic E-state index is 13.0. The zero-order valence-electron chi connectivity index (χ0n) is 15.7.